The van der Waals surface area contributed by atoms with Crippen LogP contribution in [0.1, 0.15) is 58.3 Å². The highest BCUT2D eigenvalue weighted by Crippen LogP contribution is 2.39. The predicted octanol–water partition coefficient (Wildman–Crippen LogP) is 2.84. The Hall–Kier alpha value is -1.36. The summed E-state index contributed by atoms with van der Waals surface area (Å²) in [7, 11) is 0. The van der Waals surface area contributed by atoms with Gasteiger partial charge in [0.05, 0.1) is 12.1 Å². The van der Waals surface area contributed by atoms with Crippen molar-refractivity contribution in [3.8, 4) is 0 Å². The fourth-order valence-corrected chi connectivity index (χ4v) is 2.11. The van der Waals surface area contributed by atoms with E-state index in [0.29, 0.717) is 0 Å². The SMILES string of the molecule is CCCNc1nc(C(C)(C)C)nc(NC2(CO)CC2)c1C. The van der Waals surface area contributed by atoms with Crippen molar-refractivity contribution in [2.75, 3.05) is 23.8 Å². The Kier molecular flexibility index (Phi) is 4.42. The monoisotopic (exact) mass is 292 g/mol. The van der Waals surface area contributed by atoms with Crippen molar-refractivity contribution in [2.45, 2.75) is 64.8 Å². The van der Waals surface area contributed by atoms with E-state index in [0.717, 1.165) is 48.8 Å². The van der Waals surface area contributed by atoms with Gasteiger partial charge in [-0.15, -0.1) is 0 Å². The average molecular weight is 292 g/mol. The molecule has 0 radical (unpaired) electrons. The van der Waals surface area contributed by atoms with E-state index in [4.69, 9.17) is 9.97 Å². The number of nitrogens with one attached hydrogen (secondary N) is 2. The summed E-state index contributed by atoms with van der Waals surface area (Å²) in [5.74, 6) is 2.57. The second kappa shape index (κ2) is 5.79. The van der Waals surface area contributed by atoms with E-state index >= 15 is 0 Å². The van der Waals surface area contributed by atoms with Crippen LogP contribution in [-0.2, 0) is 5.41 Å². The van der Waals surface area contributed by atoms with Crippen molar-refractivity contribution in [3.63, 3.8) is 0 Å². The summed E-state index contributed by atoms with van der Waals surface area (Å²) >= 11 is 0. The molecule has 0 bridgehead atoms. The highest BCUT2D eigenvalue weighted by atomic mass is 16.3. The third kappa shape index (κ3) is 3.64. The summed E-state index contributed by atoms with van der Waals surface area (Å²) in [6.07, 6.45) is 3.04. The molecule has 5 nitrogen and oxygen atoms in total. The summed E-state index contributed by atoms with van der Waals surface area (Å²) in [6.45, 7) is 11.6. The number of aromatic nitrogens is 2. The zero-order chi connectivity index (χ0) is 15.7. The van der Waals surface area contributed by atoms with Gasteiger partial charge in [-0.2, -0.15) is 0 Å². The molecule has 118 valence electrons. The van der Waals surface area contributed by atoms with Crippen LogP contribution in [0.3, 0.4) is 0 Å². The summed E-state index contributed by atoms with van der Waals surface area (Å²) in [5.41, 5.74) is 0.745. The van der Waals surface area contributed by atoms with Crippen LogP contribution in [0, 0.1) is 6.92 Å². The topological polar surface area (TPSA) is 70.1 Å². The van der Waals surface area contributed by atoms with Crippen LogP contribution in [0.5, 0.6) is 0 Å². The van der Waals surface area contributed by atoms with Crippen LogP contribution in [0.15, 0.2) is 0 Å². The summed E-state index contributed by atoms with van der Waals surface area (Å²) in [4.78, 5) is 9.41. The van der Waals surface area contributed by atoms with Crippen LogP contribution in [0.4, 0.5) is 11.6 Å². The fraction of sp³-hybridized carbons (Fsp3) is 0.750. The Balaban J connectivity index is 2.37. The molecule has 0 spiro atoms. The molecular formula is C16H28N4O. The average Bonchev–Trinajstić information content (AvgIpc) is 3.19. The third-order valence-electron chi connectivity index (χ3n) is 3.90. The molecule has 2 rings (SSSR count). The molecule has 1 aliphatic rings. The number of anilines is 2. The molecule has 5 heteroatoms. The first kappa shape index (κ1) is 16.0. The van der Waals surface area contributed by atoms with E-state index in [9.17, 15) is 5.11 Å². The normalized spacial score (nSPS) is 16.7. The van der Waals surface area contributed by atoms with Crippen molar-refractivity contribution in [2.24, 2.45) is 0 Å². The van der Waals surface area contributed by atoms with Gasteiger partial charge in [0, 0.05) is 17.5 Å². The maximum absolute atomic E-state index is 9.53. The molecule has 0 amide bonds. The molecule has 1 fully saturated rings. The van der Waals surface area contributed by atoms with Crippen LogP contribution in [0.25, 0.3) is 0 Å². The molecule has 0 atom stereocenters. The smallest absolute Gasteiger partial charge is 0.138 e. The number of hydrogen-bond acceptors (Lipinski definition) is 5. The molecule has 1 aromatic rings. The maximum Gasteiger partial charge on any atom is 0.138 e. The first-order valence-electron chi connectivity index (χ1n) is 7.83. The molecule has 21 heavy (non-hydrogen) atoms. The predicted molar refractivity (Wildman–Crippen MR) is 86.9 cm³/mol. The minimum Gasteiger partial charge on any atom is -0.394 e. The van der Waals surface area contributed by atoms with Gasteiger partial charge in [-0.05, 0) is 26.2 Å². The van der Waals surface area contributed by atoms with Crippen LogP contribution < -0.4 is 10.6 Å². The van der Waals surface area contributed by atoms with Gasteiger partial charge < -0.3 is 15.7 Å². The quantitative estimate of drug-likeness (QED) is 0.752. The molecule has 0 aromatic carbocycles. The van der Waals surface area contributed by atoms with Crippen molar-refractivity contribution in [3.05, 3.63) is 11.4 Å². The lowest BCUT2D eigenvalue weighted by atomic mass is 9.95. The summed E-state index contributed by atoms with van der Waals surface area (Å²) < 4.78 is 0. The Morgan fingerprint density at radius 2 is 1.81 bits per heavy atom. The number of hydrogen-bond donors (Lipinski definition) is 3. The Bertz CT molecular complexity index is 504. The second-order valence-electron chi connectivity index (χ2n) is 7.11. The molecule has 0 unspecified atom stereocenters. The summed E-state index contributed by atoms with van der Waals surface area (Å²) in [6, 6.07) is 0. The lowest BCUT2D eigenvalue weighted by molar-refractivity contribution is 0.266. The van der Waals surface area contributed by atoms with Crippen LogP contribution in [-0.4, -0.2) is 33.8 Å². The second-order valence-corrected chi connectivity index (χ2v) is 7.11. The van der Waals surface area contributed by atoms with Gasteiger partial charge in [0.2, 0.25) is 0 Å². The van der Waals surface area contributed by atoms with E-state index in [1.807, 2.05) is 6.92 Å². The molecule has 3 N–H and O–H groups in total. The molecule has 1 aromatic heterocycles. The molecular weight excluding hydrogens is 264 g/mol. The number of rotatable bonds is 6. The number of aliphatic hydroxyl groups is 1. The lowest BCUT2D eigenvalue weighted by Gasteiger charge is -2.23. The maximum atomic E-state index is 9.53. The standard InChI is InChI=1S/C16H28N4O/c1-6-9-17-12-11(2)13(20-16(10-21)7-8-16)19-14(18-12)15(3,4)5/h21H,6-10H2,1-5H3,(H2,17,18,19,20). The van der Waals surface area contributed by atoms with Gasteiger partial charge in [-0.1, -0.05) is 27.7 Å². The minimum atomic E-state index is -0.170. The fourth-order valence-electron chi connectivity index (χ4n) is 2.11. The Morgan fingerprint density at radius 3 is 2.29 bits per heavy atom. The zero-order valence-corrected chi connectivity index (χ0v) is 13.9. The van der Waals surface area contributed by atoms with Gasteiger partial charge in [0.15, 0.2) is 0 Å². The van der Waals surface area contributed by atoms with E-state index < -0.39 is 0 Å². The third-order valence-corrected chi connectivity index (χ3v) is 3.90. The minimum absolute atomic E-state index is 0.108. The molecule has 0 aliphatic heterocycles. The van der Waals surface area contributed by atoms with Crippen LogP contribution >= 0.6 is 0 Å². The highest BCUT2D eigenvalue weighted by Gasteiger charge is 2.43. The van der Waals surface area contributed by atoms with E-state index in [-0.39, 0.29) is 17.6 Å². The van der Waals surface area contributed by atoms with Gasteiger partial charge in [-0.25, -0.2) is 9.97 Å². The highest BCUT2D eigenvalue weighted by molar-refractivity contribution is 5.59. The zero-order valence-electron chi connectivity index (χ0n) is 13.9. The summed E-state index contributed by atoms with van der Waals surface area (Å²) in [5, 5.41) is 16.3. The molecule has 1 saturated carbocycles. The molecule has 1 aliphatic carbocycles. The Labute approximate surface area is 127 Å². The van der Waals surface area contributed by atoms with E-state index in [1.54, 1.807) is 0 Å². The van der Waals surface area contributed by atoms with Crippen molar-refractivity contribution >= 4 is 11.6 Å². The first-order valence-corrected chi connectivity index (χ1v) is 7.83. The van der Waals surface area contributed by atoms with Gasteiger partial charge in [-0.3, -0.25) is 0 Å². The largest absolute Gasteiger partial charge is 0.394 e. The van der Waals surface area contributed by atoms with Crippen LogP contribution in [0.2, 0.25) is 0 Å². The number of nitrogens with zero attached hydrogens (tertiary/aromatic N) is 2. The molecule has 0 saturated heterocycles. The first-order chi connectivity index (χ1) is 9.81. The molecule has 1 heterocycles. The lowest BCUT2D eigenvalue weighted by Crippen LogP contribution is -2.28. The van der Waals surface area contributed by atoms with E-state index in [2.05, 4.69) is 38.3 Å². The van der Waals surface area contributed by atoms with Crippen molar-refractivity contribution < 1.29 is 5.11 Å². The van der Waals surface area contributed by atoms with Crippen molar-refractivity contribution in [1.29, 1.82) is 0 Å². The van der Waals surface area contributed by atoms with Gasteiger partial charge in [0.1, 0.15) is 17.5 Å². The van der Waals surface area contributed by atoms with Crippen molar-refractivity contribution in [1.82, 2.24) is 9.97 Å². The van der Waals surface area contributed by atoms with Gasteiger partial charge in [0.25, 0.3) is 0 Å². The number of aliphatic hydroxyl groups excluding tert-OH is 1. The van der Waals surface area contributed by atoms with Gasteiger partial charge >= 0.3 is 0 Å². The van der Waals surface area contributed by atoms with E-state index in [1.165, 1.54) is 0 Å². The Morgan fingerprint density at radius 1 is 1.19 bits per heavy atom.